The fraction of sp³-hybridized carbons (Fsp3) is 0.704. The van der Waals surface area contributed by atoms with Crippen molar-refractivity contribution in [3.8, 4) is 0 Å². The maximum Gasteiger partial charge on any atom is 0.0577 e. The zero-order valence-electron chi connectivity index (χ0n) is 17.9. The smallest absolute Gasteiger partial charge is 0.0577 e. The third-order valence-corrected chi connectivity index (χ3v) is 9.90. The van der Waals surface area contributed by atoms with Crippen molar-refractivity contribution < 1.29 is 5.11 Å². The van der Waals surface area contributed by atoms with Crippen LogP contribution in [0, 0.1) is 34.5 Å². The summed E-state index contributed by atoms with van der Waals surface area (Å²) in [5.74, 6) is 3.59. The quantitative estimate of drug-likeness (QED) is 0.591. The molecule has 1 nitrogen and oxygen atoms in total. The van der Waals surface area contributed by atoms with E-state index in [0.717, 1.165) is 36.5 Å². The van der Waals surface area contributed by atoms with Crippen molar-refractivity contribution in [1.29, 1.82) is 0 Å². The van der Waals surface area contributed by atoms with Gasteiger partial charge in [-0.2, -0.15) is 0 Å². The molecule has 7 atom stereocenters. The highest BCUT2D eigenvalue weighted by Gasteiger charge is 2.58. The fourth-order valence-electron chi connectivity index (χ4n) is 8.21. The Balaban J connectivity index is 1.34. The van der Waals surface area contributed by atoms with E-state index in [-0.39, 0.29) is 6.10 Å². The minimum Gasteiger partial charge on any atom is -0.393 e. The first-order chi connectivity index (χ1) is 13.5. The Morgan fingerprint density at radius 3 is 2.61 bits per heavy atom. The molecule has 3 saturated carbocycles. The van der Waals surface area contributed by atoms with Crippen LogP contribution in [0.15, 0.2) is 42.0 Å². The monoisotopic (exact) mass is 378 g/mol. The summed E-state index contributed by atoms with van der Waals surface area (Å²) < 4.78 is 0. The van der Waals surface area contributed by atoms with Crippen molar-refractivity contribution in [1.82, 2.24) is 0 Å². The Morgan fingerprint density at radius 2 is 1.79 bits per heavy atom. The van der Waals surface area contributed by atoms with Crippen LogP contribution in [0.3, 0.4) is 0 Å². The van der Waals surface area contributed by atoms with Gasteiger partial charge in [0.25, 0.3) is 0 Å². The topological polar surface area (TPSA) is 20.2 Å². The average Bonchev–Trinajstić information content (AvgIpc) is 3.04. The zero-order valence-corrected chi connectivity index (χ0v) is 17.9. The Hall–Kier alpha value is -1.08. The summed E-state index contributed by atoms with van der Waals surface area (Å²) in [6.45, 7) is 5.20. The molecule has 0 bridgehead atoms. The lowest BCUT2D eigenvalue weighted by Gasteiger charge is -2.58. The van der Waals surface area contributed by atoms with E-state index in [1.165, 1.54) is 56.9 Å². The molecule has 1 aromatic carbocycles. The summed E-state index contributed by atoms with van der Waals surface area (Å²) in [7, 11) is 0. The molecule has 0 saturated heterocycles. The summed E-state index contributed by atoms with van der Waals surface area (Å²) in [6.07, 6.45) is 15.3. The highest BCUT2D eigenvalue weighted by atomic mass is 16.3. The van der Waals surface area contributed by atoms with E-state index in [2.05, 4.69) is 50.3 Å². The van der Waals surface area contributed by atoms with E-state index in [1.807, 2.05) is 0 Å². The molecule has 4 aliphatic carbocycles. The molecular formula is C27H38O. The molecule has 1 aromatic rings. The van der Waals surface area contributed by atoms with Crippen LogP contribution >= 0.6 is 0 Å². The number of fused-ring (bicyclic) bond motifs is 5. The first kappa shape index (κ1) is 18.9. The van der Waals surface area contributed by atoms with Crippen LogP contribution in [0.25, 0.3) is 0 Å². The molecule has 4 aliphatic rings. The molecule has 3 fully saturated rings. The summed E-state index contributed by atoms with van der Waals surface area (Å²) in [4.78, 5) is 0. The molecule has 28 heavy (non-hydrogen) atoms. The van der Waals surface area contributed by atoms with E-state index in [4.69, 9.17) is 0 Å². The number of allylic oxidation sites excluding steroid dienone is 1. The lowest BCUT2D eigenvalue weighted by atomic mass is 9.47. The van der Waals surface area contributed by atoms with Gasteiger partial charge in [0.2, 0.25) is 0 Å². The summed E-state index contributed by atoms with van der Waals surface area (Å²) in [5.41, 5.74) is 4.06. The van der Waals surface area contributed by atoms with Crippen molar-refractivity contribution >= 4 is 0 Å². The predicted molar refractivity (Wildman–Crippen MR) is 116 cm³/mol. The molecule has 1 heteroatoms. The minimum absolute atomic E-state index is 0.0846. The van der Waals surface area contributed by atoms with Crippen molar-refractivity contribution in [2.24, 2.45) is 34.5 Å². The van der Waals surface area contributed by atoms with Crippen LogP contribution in [0.1, 0.15) is 77.2 Å². The van der Waals surface area contributed by atoms with Gasteiger partial charge in [-0.05, 0) is 104 Å². The van der Waals surface area contributed by atoms with Gasteiger partial charge in [-0.3, -0.25) is 0 Å². The maximum absolute atomic E-state index is 10.2. The van der Waals surface area contributed by atoms with Gasteiger partial charge < -0.3 is 5.11 Å². The van der Waals surface area contributed by atoms with Crippen molar-refractivity contribution in [2.45, 2.75) is 84.2 Å². The van der Waals surface area contributed by atoms with Gasteiger partial charge in [0.05, 0.1) is 6.10 Å². The highest BCUT2D eigenvalue weighted by molar-refractivity contribution is 5.25. The number of hydrogen-bond acceptors (Lipinski definition) is 1. The van der Waals surface area contributed by atoms with Crippen molar-refractivity contribution in [3.05, 3.63) is 47.5 Å². The third-order valence-electron chi connectivity index (χ3n) is 9.90. The second-order valence-corrected chi connectivity index (χ2v) is 11.0. The lowest BCUT2D eigenvalue weighted by Crippen LogP contribution is -2.50. The van der Waals surface area contributed by atoms with E-state index in [0.29, 0.717) is 10.8 Å². The lowest BCUT2D eigenvalue weighted by molar-refractivity contribution is -0.0505. The maximum atomic E-state index is 10.2. The van der Waals surface area contributed by atoms with Gasteiger partial charge in [-0.15, -0.1) is 0 Å². The first-order valence-electron chi connectivity index (χ1n) is 11.9. The molecule has 0 aliphatic heterocycles. The SMILES string of the molecule is C[C@]12CC[C@H]3[C@@H](CC=C4C[C@@H](O)CC[C@@]43C)[C@@H]1CC[C@@H]2CCc1ccccc1. The number of aliphatic hydroxyl groups is 1. The Labute approximate surface area is 171 Å². The number of benzene rings is 1. The van der Waals surface area contributed by atoms with Gasteiger partial charge >= 0.3 is 0 Å². The van der Waals surface area contributed by atoms with Gasteiger partial charge in [0.15, 0.2) is 0 Å². The van der Waals surface area contributed by atoms with E-state index >= 15 is 0 Å². The highest BCUT2D eigenvalue weighted by Crippen LogP contribution is 2.66. The molecule has 0 spiro atoms. The van der Waals surface area contributed by atoms with Crippen LogP contribution in [-0.4, -0.2) is 11.2 Å². The van der Waals surface area contributed by atoms with Gasteiger partial charge in [0.1, 0.15) is 0 Å². The molecule has 1 N–H and O–H groups in total. The van der Waals surface area contributed by atoms with E-state index < -0.39 is 0 Å². The van der Waals surface area contributed by atoms with Crippen LogP contribution < -0.4 is 0 Å². The van der Waals surface area contributed by atoms with Crippen molar-refractivity contribution in [2.75, 3.05) is 0 Å². The van der Waals surface area contributed by atoms with Crippen LogP contribution in [-0.2, 0) is 6.42 Å². The second kappa shape index (κ2) is 7.01. The van der Waals surface area contributed by atoms with Gasteiger partial charge in [-0.1, -0.05) is 55.8 Å². The first-order valence-corrected chi connectivity index (χ1v) is 11.9. The number of aliphatic hydroxyl groups excluding tert-OH is 1. The minimum atomic E-state index is -0.0846. The van der Waals surface area contributed by atoms with Crippen LogP contribution in [0.2, 0.25) is 0 Å². The molecule has 0 aromatic heterocycles. The van der Waals surface area contributed by atoms with Crippen LogP contribution in [0.4, 0.5) is 0 Å². The zero-order chi connectivity index (χ0) is 19.4. The number of rotatable bonds is 3. The Kier molecular flexibility index (Phi) is 4.74. The standard InChI is InChI=1S/C27H38O/c1-26-17-15-25-23(12-10-21-18-22(28)14-16-27(21,25)2)24(26)13-11-20(26)9-8-19-6-4-3-5-7-19/h3-7,10,20,22-25,28H,8-9,11-18H2,1-2H3/t20-,22-,23-,24-,25-,26+,27-/m0/s1. The van der Waals surface area contributed by atoms with E-state index in [9.17, 15) is 5.11 Å². The van der Waals surface area contributed by atoms with Gasteiger partial charge in [-0.25, -0.2) is 0 Å². The predicted octanol–water partition coefficient (Wildman–Crippen LogP) is 6.56. The molecule has 152 valence electrons. The van der Waals surface area contributed by atoms with Gasteiger partial charge in [0, 0.05) is 0 Å². The van der Waals surface area contributed by atoms with Crippen LogP contribution in [0.5, 0.6) is 0 Å². The van der Waals surface area contributed by atoms with Crippen molar-refractivity contribution in [3.63, 3.8) is 0 Å². The second-order valence-electron chi connectivity index (χ2n) is 11.0. The molecule has 0 unspecified atom stereocenters. The number of aryl methyl sites for hydroxylation is 1. The third kappa shape index (κ3) is 2.92. The number of hydrogen-bond donors (Lipinski definition) is 1. The average molecular weight is 379 g/mol. The fourth-order valence-corrected chi connectivity index (χ4v) is 8.21. The molecule has 0 radical (unpaired) electrons. The molecule has 5 rings (SSSR count). The summed E-state index contributed by atoms with van der Waals surface area (Å²) in [5, 5.41) is 10.2. The summed E-state index contributed by atoms with van der Waals surface area (Å²) in [6, 6.07) is 11.1. The normalized spacial score (nSPS) is 45.0. The molecular weight excluding hydrogens is 340 g/mol. The molecule has 0 amide bonds. The Morgan fingerprint density at radius 1 is 0.964 bits per heavy atom. The molecule has 0 heterocycles. The van der Waals surface area contributed by atoms with E-state index in [1.54, 1.807) is 5.57 Å². The summed E-state index contributed by atoms with van der Waals surface area (Å²) >= 11 is 0. The largest absolute Gasteiger partial charge is 0.393 e. The Bertz CT molecular complexity index is 736.